The first-order chi connectivity index (χ1) is 10.0. The van der Waals surface area contributed by atoms with Gasteiger partial charge < -0.3 is 10.1 Å². The molecule has 6 nitrogen and oxygen atoms in total. The molecule has 0 aromatic carbocycles. The molecular weight excluding hydrogens is 266 g/mol. The standard InChI is InChI=1S/C15H23N5O/c1-6-16-14-11(5)15(19-13(18-14)10(3)4)21-12-8-17-20(7-2)9-12/h8-10H,6-7H2,1-5H3,(H,16,18,19). The van der Waals surface area contributed by atoms with Crippen LogP contribution in [0.25, 0.3) is 0 Å². The molecule has 2 heterocycles. The van der Waals surface area contributed by atoms with Gasteiger partial charge in [-0.15, -0.1) is 0 Å². The van der Waals surface area contributed by atoms with Gasteiger partial charge in [-0.3, -0.25) is 4.68 Å². The summed E-state index contributed by atoms with van der Waals surface area (Å²) in [5.41, 5.74) is 0.908. The van der Waals surface area contributed by atoms with E-state index in [9.17, 15) is 0 Å². The Morgan fingerprint density at radius 1 is 1.29 bits per heavy atom. The van der Waals surface area contributed by atoms with E-state index < -0.39 is 0 Å². The van der Waals surface area contributed by atoms with E-state index in [0.29, 0.717) is 11.6 Å². The molecule has 114 valence electrons. The van der Waals surface area contributed by atoms with E-state index in [4.69, 9.17) is 4.74 Å². The molecule has 0 bridgehead atoms. The Bertz CT molecular complexity index is 606. The first kappa shape index (κ1) is 15.3. The van der Waals surface area contributed by atoms with Crippen LogP contribution in [0.4, 0.5) is 5.82 Å². The number of hydrogen-bond donors (Lipinski definition) is 1. The van der Waals surface area contributed by atoms with Crippen LogP contribution in [-0.2, 0) is 6.54 Å². The number of nitrogens with zero attached hydrogens (tertiary/aromatic N) is 4. The summed E-state index contributed by atoms with van der Waals surface area (Å²) in [5, 5.41) is 7.47. The molecule has 0 fully saturated rings. The lowest BCUT2D eigenvalue weighted by atomic mass is 10.2. The molecule has 0 aliphatic rings. The fraction of sp³-hybridized carbons (Fsp3) is 0.533. The van der Waals surface area contributed by atoms with Gasteiger partial charge >= 0.3 is 0 Å². The monoisotopic (exact) mass is 289 g/mol. The van der Waals surface area contributed by atoms with E-state index in [1.54, 1.807) is 6.20 Å². The van der Waals surface area contributed by atoms with Crippen LogP contribution < -0.4 is 10.1 Å². The minimum absolute atomic E-state index is 0.240. The zero-order valence-electron chi connectivity index (χ0n) is 13.3. The van der Waals surface area contributed by atoms with Crippen molar-refractivity contribution in [2.45, 2.75) is 47.1 Å². The molecule has 0 amide bonds. The lowest BCUT2D eigenvalue weighted by Crippen LogP contribution is -2.08. The molecule has 2 aromatic rings. The SMILES string of the molecule is CCNc1nc(C(C)C)nc(Oc2cnn(CC)c2)c1C. The zero-order valence-corrected chi connectivity index (χ0v) is 13.3. The summed E-state index contributed by atoms with van der Waals surface area (Å²) >= 11 is 0. The van der Waals surface area contributed by atoms with Crippen LogP contribution in [0.15, 0.2) is 12.4 Å². The molecule has 0 aliphatic carbocycles. The summed E-state index contributed by atoms with van der Waals surface area (Å²) in [5.74, 6) is 3.11. The Labute approximate surface area is 125 Å². The number of anilines is 1. The number of hydrogen-bond acceptors (Lipinski definition) is 5. The lowest BCUT2D eigenvalue weighted by Gasteiger charge is -2.14. The minimum Gasteiger partial charge on any atom is -0.435 e. The molecule has 0 radical (unpaired) electrons. The second kappa shape index (κ2) is 6.56. The van der Waals surface area contributed by atoms with Gasteiger partial charge in [0.25, 0.3) is 0 Å². The van der Waals surface area contributed by atoms with Crippen LogP contribution in [0.5, 0.6) is 11.6 Å². The zero-order chi connectivity index (χ0) is 15.4. The highest BCUT2D eigenvalue weighted by Gasteiger charge is 2.15. The van der Waals surface area contributed by atoms with E-state index in [1.807, 2.05) is 31.6 Å². The number of nitrogens with one attached hydrogen (secondary N) is 1. The van der Waals surface area contributed by atoms with E-state index in [1.165, 1.54) is 0 Å². The number of aryl methyl sites for hydroxylation is 1. The molecule has 0 spiro atoms. The summed E-state index contributed by atoms with van der Waals surface area (Å²) < 4.78 is 7.71. The van der Waals surface area contributed by atoms with Crippen LogP contribution in [0.2, 0.25) is 0 Å². The maximum absolute atomic E-state index is 5.90. The molecule has 0 saturated carbocycles. The third kappa shape index (κ3) is 3.51. The Morgan fingerprint density at radius 3 is 2.62 bits per heavy atom. The maximum Gasteiger partial charge on any atom is 0.227 e. The quantitative estimate of drug-likeness (QED) is 0.883. The van der Waals surface area contributed by atoms with Gasteiger partial charge in [-0.25, -0.2) is 4.98 Å². The van der Waals surface area contributed by atoms with Gasteiger partial charge in [0.1, 0.15) is 11.6 Å². The normalized spacial score (nSPS) is 11.0. The third-order valence-electron chi connectivity index (χ3n) is 3.13. The predicted molar refractivity (Wildman–Crippen MR) is 83.0 cm³/mol. The van der Waals surface area contributed by atoms with Crippen molar-refractivity contribution in [1.29, 1.82) is 0 Å². The lowest BCUT2D eigenvalue weighted by molar-refractivity contribution is 0.452. The van der Waals surface area contributed by atoms with Gasteiger partial charge in [0, 0.05) is 19.0 Å². The van der Waals surface area contributed by atoms with Gasteiger partial charge in [0.05, 0.1) is 18.0 Å². The van der Waals surface area contributed by atoms with Crippen LogP contribution in [-0.4, -0.2) is 26.3 Å². The second-order valence-corrected chi connectivity index (χ2v) is 5.18. The van der Waals surface area contributed by atoms with Crippen molar-refractivity contribution < 1.29 is 4.74 Å². The summed E-state index contributed by atoms with van der Waals surface area (Å²) in [6.45, 7) is 11.8. The second-order valence-electron chi connectivity index (χ2n) is 5.18. The Morgan fingerprint density at radius 2 is 2.05 bits per heavy atom. The number of rotatable bonds is 6. The van der Waals surface area contributed by atoms with Gasteiger partial charge in [0.2, 0.25) is 5.88 Å². The van der Waals surface area contributed by atoms with Crippen molar-refractivity contribution in [3.05, 3.63) is 23.8 Å². The van der Waals surface area contributed by atoms with Crippen molar-refractivity contribution in [3.8, 4) is 11.6 Å². The van der Waals surface area contributed by atoms with Crippen LogP contribution >= 0.6 is 0 Å². The van der Waals surface area contributed by atoms with Crippen molar-refractivity contribution >= 4 is 5.82 Å². The van der Waals surface area contributed by atoms with Crippen molar-refractivity contribution in [2.24, 2.45) is 0 Å². The molecule has 1 N–H and O–H groups in total. The van der Waals surface area contributed by atoms with E-state index in [-0.39, 0.29) is 5.92 Å². The fourth-order valence-electron chi connectivity index (χ4n) is 1.89. The summed E-state index contributed by atoms with van der Waals surface area (Å²) in [6.07, 6.45) is 3.57. The highest BCUT2D eigenvalue weighted by Crippen LogP contribution is 2.28. The number of ether oxygens (including phenoxy) is 1. The average molecular weight is 289 g/mol. The van der Waals surface area contributed by atoms with Crippen LogP contribution in [0.3, 0.4) is 0 Å². The molecule has 0 saturated heterocycles. The number of aromatic nitrogens is 4. The summed E-state index contributed by atoms with van der Waals surface area (Å²) in [6, 6.07) is 0. The van der Waals surface area contributed by atoms with E-state index in [2.05, 4.69) is 34.2 Å². The highest BCUT2D eigenvalue weighted by molar-refractivity contribution is 5.49. The molecule has 21 heavy (non-hydrogen) atoms. The first-order valence-corrected chi connectivity index (χ1v) is 7.37. The van der Waals surface area contributed by atoms with Gasteiger partial charge in [-0.05, 0) is 20.8 Å². The first-order valence-electron chi connectivity index (χ1n) is 7.37. The largest absolute Gasteiger partial charge is 0.435 e. The van der Waals surface area contributed by atoms with Gasteiger partial charge in [0.15, 0.2) is 5.75 Å². The van der Waals surface area contributed by atoms with Crippen LogP contribution in [0.1, 0.15) is 45.0 Å². The van der Waals surface area contributed by atoms with Crippen molar-refractivity contribution in [3.63, 3.8) is 0 Å². The Balaban J connectivity index is 2.36. The molecule has 2 aromatic heterocycles. The molecular formula is C15H23N5O. The highest BCUT2D eigenvalue weighted by atomic mass is 16.5. The third-order valence-corrected chi connectivity index (χ3v) is 3.13. The minimum atomic E-state index is 0.240. The molecule has 0 aliphatic heterocycles. The summed E-state index contributed by atoms with van der Waals surface area (Å²) in [4.78, 5) is 9.10. The maximum atomic E-state index is 5.90. The van der Waals surface area contributed by atoms with Crippen molar-refractivity contribution in [1.82, 2.24) is 19.7 Å². The smallest absolute Gasteiger partial charge is 0.227 e. The van der Waals surface area contributed by atoms with Crippen molar-refractivity contribution in [2.75, 3.05) is 11.9 Å². The predicted octanol–water partition coefficient (Wildman–Crippen LogP) is 3.35. The summed E-state index contributed by atoms with van der Waals surface area (Å²) in [7, 11) is 0. The average Bonchev–Trinajstić information content (AvgIpc) is 2.90. The van der Waals surface area contributed by atoms with E-state index >= 15 is 0 Å². The molecule has 0 atom stereocenters. The Kier molecular flexibility index (Phi) is 4.77. The van der Waals surface area contributed by atoms with E-state index in [0.717, 1.165) is 30.3 Å². The van der Waals surface area contributed by atoms with Crippen LogP contribution in [0, 0.1) is 6.92 Å². The Hall–Kier alpha value is -2.11. The molecule has 6 heteroatoms. The van der Waals surface area contributed by atoms with Gasteiger partial charge in [-0.2, -0.15) is 10.1 Å². The topological polar surface area (TPSA) is 64.9 Å². The molecule has 2 rings (SSSR count). The molecule has 0 unspecified atom stereocenters. The fourth-order valence-corrected chi connectivity index (χ4v) is 1.89. The van der Waals surface area contributed by atoms with Gasteiger partial charge in [-0.1, -0.05) is 13.8 Å².